The maximum absolute atomic E-state index is 12.8. The van der Waals surface area contributed by atoms with E-state index in [1.165, 1.54) is 0 Å². The van der Waals surface area contributed by atoms with Gasteiger partial charge in [0.2, 0.25) is 5.91 Å². The monoisotopic (exact) mass is 449 g/mol. The molecule has 0 aliphatic carbocycles. The molecule has 8 heteroatoms. The van der Waals surface area contributed by atoms with Gasteiger partial charge in [-0.15, -0.1) is 0 Å². The number of ether oxygens (including phenoxy) is 3. The molecule has 172 valence electrons. The summed E-state index contributed by atoms with van der Waals surface area (Å²) in [5.41, 5.74) is 2.63. The molecule has 3 rings (SSSR count). The Kier molecular flexibility index (Phi) is 8.13. The van der Waals surface area contributed by atoms with Crippen LogP contribution in [-0.4, -0.2) is 49.7 Å². The van der Waals surface area contributed by atoms with E-state index in [0.717, 1.165) is 55.6 Å². The summed E-state index contributed by atoms with van der Waals surface area (Å²) in [5.74, 6) is 0.757. The van der Waals surface area contributed by atoms with Crippen molar-refractivity contribution in [1.82, 2.24) is 5.32 Å². The summed E-state index contributed by atoms with van der Waals surface area (Å²) >= 11 is 5.46. The first kappa shape index (κ1) is 23.8. The van der Waals surface area contributed by atoms with Gasteiger partial charge in [0.15, 0.2) is 11.4 Å². The van der Waals surface area contributed by atoms with Crippen molar-refractivity contribution in [3.63, 3.8) is 0 Å². The first-order valence-electron chi connectivity index (χ1n) is 11.1. The summed E-state index contributed by atoms with van der Waals surface area (Å²) in [4.78, 5) is 14.7. The summed E-state index contributed by atoms with van der Waals surface area (Å²) in [6.45, 7) is 7.84. The molecule has 0 aromatic heterocycles. The Labute approximate surface area is 190 Å². The number of carbonyl (C=O) groups excluding carboxylic acids is 1. The van der Waals surface area contributed by atoms with E-state index in [0.29, 0.717) is 30.4 Å². The number of hydrogen-bond acceptors (Lipinski definition) is 5. The minimum absolute atomic E-state index is 0.111. The summed E-state index contributed by atoms with van der Waals surface area (Å²) in [5, 5.41) is 7.04. The maximum atomic E-state index is 12.8. The van der Waals surface area contributed by atoms with E-state index in [-0.39, 0.29) is 17.7 Å². The smallest absolute Gasteiger partial charge is 0.227 e. The molecule has 0 radical (unpaired) electrons. The van der Waals surface area contributed by atoms with Crippen LogP contribution in [0.5, 0.6) is 5.75 Å². The third kappa shape index (κ3) is 6.79. The number of nitrogens with one attached hydrogen (secondary N) is 2. The zero-order chi connectivity index (χ0) is 22.4. The van der Waals surface area contributed by atoms with Crippen molar-refractivity contribution in [2.24, 2.45) is 0 Å². The number of nitrogens with zero attached hydrogens (tertiary/aromatic N) is 1. The molecular formula is C23H35N3O4S. The molecule has 0 saturated carbocycles. The van der Waals surface area contributed by atoms with E-state index in [1.807, 2.05) is 17.0 Å². The Hall–Kier alpha value is -1.90. The van der Waals surface area contributed by atoms with Crippen molar-refractivity contribution in [2.75, 3.05) is 37.1 Å². The Morgan fingerprint density at radius 1 is 1.26 bits per heavy atom. The third-order valence-electron chi connectivity index (χ3n) is 5.32. The lowest BCUT2D eigenvalue weighted by Gasteiger charge is -2.27. The van der Waals surface area contributed by atoms with E-state index in [1.54, 1.807) is 7.11 Å². The molecule has 1 aromatic rings. The lowest BCUT2D eigenvalue weighted by Crippen LogP contribution is -2.43. The van der Waals surface area contributed by atoms with Gasteiger partial charge in [-0.05, 0) is 76.7 Å². The van der Waals surface area contributed by atoms with Crippen LogP contribution in [0.3, 0.4) is 0 Å². The predicted molar refractivity (Wildman–Crippen MR) is 127 cm³/mol. The number of rotatable bonds is 6. The Balaban J connectivity index is 1.76. The molecule has 1 unspecified atom stereocenters. The highest BCUT2D eigenvalue weighted by molar-refractivity contribution is 7.80. The van der Waals surface area contributed by atoms with Gasteiger partial charge in [0, 0.05) is 31.2 Å². The molecule has 2 N–H and O–H groups in total. The fourth-order valence-corrected chi connectivity index (χ4v) is 4.30. The van der Waals surface area contributed by atoms with Gasteiger partial charge >= 0.3 is 0 Å². The van der Waals surface area contributed by atoms with Gasteiger partial charge in [-0.1, -0.05) is 0 Å². The van der Waals surface area contributed by atoms with Crippen molar-refractivity contribution in [3.8, 4) is 5.75 Å². The topological polar surface area (TPSA) is 72.1 Å². The molecule has 2 aliphatic heterocycles. The zero-order valence-corrected chi connectivity index (χ0v) is 19.9. The largest absolute Gasteiger partial charge is 0.494 e. The minimum atomic E-state index is -0.159. The molecule has 31 heavy (non-hydrogen) atoms. The highest BCUT2D eigenvalue weighted by atomic mass is 32.1. The number of amides is 1. The molecule has 1 fully saturated rings. The van der Waals surface area contributed by atoms with Crippen molar-refractivity contribution in [2.45, 2.75) is 71.1 Å². The van der Waals surface area contributed by atoms with Crippen LogP contribution in [0.15, 0.2) is 12.1 Å². The van der Waals surface area contributed by atoms with Crippen molar-refractivity contribution < 1.29 is 19.0 Å². The summed E-state index contributed by atoms with van der Waals surface area (Å²) in [6, 6.07) is 3.97. The molecule has 1 saturated heterocycles. The number of aryl methyl sites for hydroxylation is 1. The summed E-state index contributed by atoms with van der Waals surface area (Å²) < 4.78 is 17.2. The van der Waals surface area contributed by atoms with E-state index < -0.39 is 0 Å². The molecule has 1 amide bonds. The van der Waals surface area contributed by atoms with Gasteiger partial charge < -0.3 is 29.7 Å². The quantitative estimate of drug-likeness (QED) is 0.636. The van der Waals surface area contributed by atoms with Crippen LogP contribution < -0.4 is 20.3 Å². The number of hydrogen-bond donors (Lipinski definition) is 2. The molecule has 7 nitrogen and oxygen atoms in total. The molecule has 0 bridgehead atoms. The average Bonchev–Trinajstić information content (AvgIpc) is 2.85. The number of anilines is 2. The van der Waals surface area contributed by atoms with Gasteiger partial charge in [0.25, 0.3) is 0 Å². The number of benzene rings is 1. The molecule has 0 spiro atoms. The minimum Gasteiger partial charge on any atom is -0.494 e. The summed E-state index contributed by atoms with van der Waals surface area (Å²) in [7, 11) is 1.62. The van der Waals surface area contributed by atoms with Crippen LogP contribution >= 0.6 is 12.2 Å². The standard InChI is InChI=1S/C23H35N3O4S/c1-23(2,3)25-22(31)24-17-14-16-8-7-9-20(27)26(18(16)15-19(17)28-4)11-13-30-21-10-5-6-12-29-21/h14-15,21H,5-13H2,1-4H3,(H2,24,25,31). The fourth-order valence-electron chi connectivity index (χ4n) is 3.89. The van der Waals surface area contributed by atoms with Crippen molar-refractivity contribution in [3.05, 3.63) is 17.7 Å². The van der Waals surface area contributed by atoms with Crippen LogP contribution in [-0.2, 0) is 20.7 Å². The summed E-state index contributed by atoms with van der Waals surface area (Å²) in [6.07, 6.45) is 5.11. The normalized spacial score (nSPS) is 19.4. The first-order valence-corrected chi connectivity index (χ1v) is 11.5. The number of methoxy groups -OCH3 is 1. The van der Waals surface area contributed by atoms with Gasteiger partial charge in [-0.2, -0.15) is 0 Å². The SMILES string of the molecule is COc1cc2c(cc1NC(=S)NC(C)(C)C)CCCC(=O)N2CCOC1CCCCO1. The highest BCUT2D eigenvalue weighted by Gasteiger charge is 2.25. The molecule has 2 aliphatic rings. The fraction of sp³-hybridized carbons (Fsp3) is 0.652. The van der Waals surface area contributed by atoms with Gasteiger partial charge in [-0.3, -0.25) is 4.79 Å². The van der Waals surface area contributed by atoms with Crippen molar-refractivity contribution in [1.29, 1.82) is 0 Å². The second-order valence-electron chi connectivity index (χ2n) is 9.08. The average molecular weight is 450 g/mol. The molecule has 2 heterocycles. The Morgan fingerprint density at radius 3 is 2.74 bits per heavy atom. The number of thiocarbonyl (C=S) groups is 1. The van der Waals surface area contributed by atoms with Crippen LogP contribution in [0.2, 0.25) is 0 Å². The lowest BCUT2D eigenvalue weighted by molar-refractivity contribution is -0.161. The van der Waals surface area contributed by atoms with E-state index in [9.17, 15) is 4.79 Å². The molecule has 1 atom stereocenters. The Morgan fingerprint density at radius 2 is 2.06 bits per heavy atom. The third-order valence-corrected chi connectivity index (χ3v) is 5.53. The predicted octanol–water partition coefficient (Wildman–Crippen LogP) is 3.99. The van der Waals surface area contributed by atoms with Crippen LogP contribution in [0.1, 0.15) is 58.4 Å². The maximum Gasteiger partial charge on any atom is 0.227 e. The van der Waals surface area contributed by atoms with Gasteiger partial charge in [0.1, 0.15) is 5.75 Å². The van der Waals surface area contributed by atoms with Gasteiger partial charge in [0.05, 0.1) is 25.1 Å². The van der Waals surface area contributed by atoms with Gasteiger partial charge in [-0.25, -0.2) is 0 Å². The van der Waals surface area contributed by atoms with Crippen molar-refractivity contribution >= 4 is 34.6 Å². The zero-order valence-electron chi connectivity index (χ0n) is 19.1. The first-order chi connectivity index (χ1) is 14.8. The Bertz CT molecular complexity index is 788. The molecule has 1 aromatic carbocycles. The van der Waals surface area contributed by atoms with Crippen LogP contribution in [0.4, 0.5) is 11.4 Å². The van der Waals surface area contributed by atoms with E-state index >= 15 is 0 Å². The van der Waals surface area contributed by atoms with E-state index in [4.69, 9.17) is 26.4 Å². The number of carbonyl (C=O) groups is 1. The number of fused-ring (bicyclic) bond motifs is 1. The van der Waals surface area contributed by atoms with Crippen LogP contribution in [0.25, 0.3) is 0 Å². The second kappa shape index (κ2) is 10.6. The van der Waals surface area contributed by atoms with Crippen LogP contribution in [0, 0.1) is 0 Å². The van der Waals surface area contributed by atoms with E-state index in [2.05, 4.69) is 31.4 Å². The lowest BCUT2D eigenvalue weighted by atomic mass is 10.1. The highest BCUT2D eigenvalue weighted by Crippen LogP contribution is 2.36. The molecular weight excluding hydrogens is 414 g/mol. The second-order valence-corrected chi connectivity index (χ2v) is 9.48.